The molecule has 0 heterocycles. The van der Waals surface area contributed by atoms with Gasteiger partial charge in [-0.1, -0.05) is 40.9 Å². The van der Waals surface area contributed by atoms with Gasteiger partial charge in [-0.15, -0.1) is 0 Å². The summed E-state index contributed by atoms with van der Waals surface area (Å²) in [6, 6.07) is 10.3. The molecule has 0 aliphatic rings. The molecule has 0 saturated carbocycles. The number of amides is 1. The minimum atomic E-state index is -0.147. The number of benzene rings is 2. The van der Waals surface area contributed by atoms with E-state index in [-0.39, 0.29) is 12.3 Å². The summed E-state index contributed by atoms with van der Waals surface area (Å²) in [5.41, 5.74) is 1.46. The summed E-state index contributed by atoms with van der Waals surface area (Å²) in [6.45, 7) is 0. The average molecular weight is 393 g/mol. The number of carbonyl (C=O) groups is 1. The van der Waals surface area contributed by atoms with Crippen molar-refractivity contribution in [2.75, 3.05) is 5.32 Å². The number of anilines is 1. The second kappa shape index (κ2) is 6.81. The highest BCUT2D eigenvalue weighted by Gasteiger charge is 2.08. The highest BCUT2D eigenvalue weighted by molar-refractivity contribution is 9.10. The van der Waals surface area contributed by atoms with Crippen molar-refractivity contribution in [2.24, 2.45) is 0 Å². The first-order valence-electron chi connectivity index (χ1n) is 5.64. The van der Waals surface area contributed by atoms with E-state index in [1.54, 1.807) is 36.4 Å². The predicted molar refractivity (Wildman–Crippen MR) is 87.9 cm³/mol. The molecular formula is C14H9BrCl3NO. The molecule has 2 aromatic carbocycles. The standard InChI is InChI=1S/C14H9BrCl3NO/c15-10-7-9(16)2-4-13(10)19-14(20)6-8-1-3-11(17)12(18)5-8/h1-5,7H,6H2,(H,19,20). The summed E-state index contributed by atoms with van der Waals surface area (Å²) in [5, 5.41) is 4.30. The Kier molecular flexibility index (Phi) is 5.33. The molecule has 104 valence electrons. The lowest BCUT2D eigenvalue weighted by Crippen LogP contribution is -2.14. The number of hydrogen-bond donors (Lipinski definition) is 1. The molecule has 20 heavy (non-hydrogen) atoms. The van der Waals surface area contributed by atoms with Crippen LogP contribution in [0.1, 0.15) is 5.56 Å². The predicted octanol–water partition coefficient (Wildman–Crippen LogP) is 5.59. The van der Waals surface area contributed by atoms with Gasteiger partial charge in [-0.3, -0.25) is 4.79 Å². The lowest BCUT2D eigenvalue weighted by Gasteiger charge is -2.08. The maximum atomic E-state index is 12.0. The van der Waals surface area contributed by atoms with Crippen molar-refractivity contribution < 1.29 is 4.79 Å². The van der Waals surface area contributed by atoms with E-state index >= 15 is 0 Å². The number of hydrogen-bond acceptors (Lipinski definition) is 1. The number of carbonyl (C=O) groups excluding carboxylic acids is 1. The Hall–Kier alpha value is -0.740. The molecule has 1 amide bonds. The maximum Gasteiger partial charge on any atom is 0.228 e. The third-order valence-corrected chi connectivity index (χ3v) is 4.18. The smallest absolute Gasteiger partial charge is 0.228 e. The molecule has 0 fully saturated rings. The van der Waals surface area contributed by atoms with Crippen LogP contribution in [0.4, 0.5) is 5.69 Å². The molecule has 0 saturated heterocycles. The fourth-order valence-corrected chi connectivity index (χ4v) is 2.72. The third kappa shape index (κ3) is 4.13. The first-order valence-corrected chi connectivity index (χ1v) is 7.57. The van der Waals surface area contributed by atoms with Gasteiger partial charge in [-0.25, -0.2) is 0 Å². The van der Waals surface area contributed by atoms with Crippen LogP contribution in [0.25, 0.3) is 0 Å². The summed E-state index contributed by atoms with van der Waals surface area (Å²) in [4.78, 5) is 12.0. The first-order chi connectivity index (χ1) is 9.45. The van der Waals surface area contributed by atoms with Gasteiger partial charge in [0.15, 0.2) is 0 Å². The molecule has 0 aliphatic carbocycles. The molecule has 0 atom stereocenters. The summed E-state index contributed by atoms with van der Waals surface area (Å²) in [7, 11) is 0. The van der Waals surface area contributed by atoms with E-state index in [1.807, 2.05) is 0 Å². The van der Waals surface area contributed by atoms with Crippen molar-refractivity contribution in [2.45, 2.75) is 6.42 Å². The van der Waals surface area contributed by atoms with Crippen LogP contribution in [0.3, 0.4) is 0 Å². The molecule has 0 bridgehead atoms. The molecule has 2 rings (SSSR count). The van der Waals surface area contributed by atoms with Crippen LogP contribution in [0, 0.1) is 0 Å². The van der Waals surface area contributed by atoms with Crippen LogP contribution in [0.5, 0.6) is 0 Å². The fourth-order valence-electron chi connectivity index (χ4n) is 1.62. The van der Waals surface area contributed by atoms with Gasteiger partial charge >= 0.3 is 0 Å². The Morgan fingerprint density at radius 1 is 1.05 bits per heavy atom. The molecule has 0 radical (unpaired) electrons. The van der Waals surface area contributed by atoms with E-state index in [2.05, 4.69) is 21.2 Å². The van der Waals surface area contributed by atoms with E-state index in [1.165, 1.54) is 0 Å². The summed E-state index contributed by atoms with van der Waals surface area (Å²) >= 11 is 20.9. The van der Waals surface area contributed by atoms with Gasteiger partial charge in [0, 0.05) is 9.50 Å². The maximum absolute atomic E-state index is 12.0. The van der Waals surface area contributed by atoms with Crippen molar-refractivity contribution in [1.82, 2.24) is 0 Å². The first kappa shape index (κ1) is 15.6. The van der Waals surface area contributed by atoms with E-state index in [0.29, 0.717) is 20.8 Å². The Balaban J connectivity index is 2.07. The largest absolute Gasteiger partial charge is 0.325 e. The van der Waals surface area contributed by atoms with E-state index < -0.39 is 0 Å². The Bertz CT molecular complexity index is 661. The van der Waals surface area contributed by atoms with Crippen molar-refractivity contribution in [1.29, 1.82) is 0 Å². The van der Waals surface area contributed by atoms with Crippen molar-refractivity contribution in [3.8, 4) is 0 Å². The number of nitrogens with one attached hydrogen (secondary N) is 1. The molecule has 0 unspecified atom stereocenters. The molecular weight excluding hydrogens is 384 g/mol. The van der Waals surface area contributed by atoms with Crippen molar-refractivity contribution >= 4 is 62.3 Å². The summed E-state index contributed by atoms with van der Waals surface area (Å²) in [6.07, 6.45) is 0.214. The topological polar surface area (TPSA) is 29.1 Å². The van der Waals surface area contributed by atoms with Crippen LogP contribution in [0.15, 0.2) is 40.9 Å². The normalized spacial score (nSPS) is 10.4. The van der Waals surface area contributed by atoms with Gasteiger partial charge in [0.25, 0.3) is 0 Å². The van der Waals surface area contributed by atoms with Crippen LogP contribution >= 0.6 is 50.7 Å². The van der Waals surface area contributed by atoms with Crippen LogP contribution in [0.2, 0.25) is 15.1 Å². The molecule has 2 nitrogen and oxygen atoms in total. The van der Waals surface area contributed by atoms with E-state index in [0.717, 1.165) is 10.0 Å². The average Bonchev–Trinajstić information content (AvgIpc) is 2.37. The van der Waals surface area contributed by atoms with Gasteiger partial charge in [-0.05, 0) is 51.8 Å². The zero-order valence-electron chi connectivity index (χ0n) is 10.1. The zero-order chi connectivity index (χ0) is 14.7. The highest BCUT2D eigenvalue weighted by atomic mass is 79.9. The van der Waals surface area contributed by atoms with Crippen molar-refractivity contribution in [3.63, 3.8) is 0 Å². The Morgan fingerprint density at radius 3 is 2.45 bits per heavy atom. The molecule has 0 aliphatic heterocycles. The Labute approximate surface area is 140 Å². The van der Waals surface area contributed by atoms with E-state index in [4.69, 9.17) is 34.8 Å². The second-order valence-corrected chi connectivity index (χ2v) is 6.20. The van der Waals surface area contributed by atoms with Crippen molar-refractivity contribution in [3.05, 3.63) is 61.5 Å². The quantitative estimate of drug-likeness (QED) is 0.724. The minimum absolute atomic E-state index is 0.147. The molecule has 0 aromatic heterocycles. The molecule has 0 spiro atoms. The Morgan fingerprint density at radius 2 is 1.80 bits per heavy atom. The molecule has 6 heteroatoms. The number of halogens is 4. The van der Waals surface area contributed by atoms with E-state index in [9.17, 15) is 4.79 Å². The van der Waals surface area contributed by atoms with Gasteiger partial charge in [0.1, 0.15) is 0 Å². The lowest BCUT2D eigenvalue weighted by molar-refractivity contribution is -0.115. The highest BCUT2D eigenvalue weighted by Crippen LogP contribution is 2.26. The summed E-state index contributed by atoms with van der Waals surface area (Å²) in [5.74, 6) is -0.147. The van der Waals surface area contributed by atoms with Gasteiger partial charge < -0.3 is 5.32 Å². The monoisotopic (exact) mass is 391 g/mol. The van der Waals surface area contributed by atoms with Crippen LogP contribution in [-0.4, -0.2) is 5.91 Å². The summed E-state index contributed by atoms with van der Waals surface area (Å²) < 4.78 is 0.729. The minimum Gasteiger partial charge on any atom is -0.325 e. The van der Waals surface area contributed by atoms with Crippen LogP contribution in [-0.2, 0) is 11.2 Å². The lowest BCUT2D eigenvalue weighted by atomic mass is 10.1. The second-order valence-electron chi connectivity index (χ2n) is 4.10. The SMILES string of the molecule is O=C(Cc1ccc(Cl)c(Cl)c1)Nc1ccc(Cl)cc1Br. The molecule has 1 N–H and O–H groups in total. The van der Waals surface area contributed by atoms with Gasteiger partial charge in [-0.2, -0.15) is 0 Å². The third-order valence-electron chi connectivity index (χ3n) is 2.55. The molecule has 2 aromatic rings. The van der Waals surface area contributed by atoms with Gasteiger partial charge in [0.2, 0.25) is 5.91 Å². The fraction of sp³-hybridized carbons (Fsp3) is 0.0714. The van der Waals surface area contributed by atoms with Crippen LogP contribution < -0.4 is 5.32 Å². The zero-order valence-corrected chi connectivity index (χ0v) is 13.9. The van der Waals surface area contributed by atoms with Gasteiger partial charge in [0.05, 0.1) is 22.2 Å². The number of rotatable bonds is 3.